The fourth-order valence-electron chi connectivity index (χ4n) is 3.09. The lowest BCUT2D eigenvalue weighted by molar-refractivity contribution is -0.193. The zero-order valence-corrected chi connectivity index (χ0v) is 16.4. The maximum atomic E-state index is 12.7. The van der Waals surface area contributed by atoms with Crippen molar-refractivity contribution in [2.75, 3.05) is 19.8 Å². The molecule has 1 aliphatic carbocycles. The van der Waals surface area contributed by atoms with Crippen LogP contribution in [0.1, 0.15) is 65.7 Å². The molecule has 0 spiro atoms. The number of carbonyl (C=O) groups is 4. The Hall–Kier alpha value is -2.12. The van der Waals surface area contributed by atoms with Crippen molar-refractivity contribution in [3.63, 3.8) is 0 Å². The van der Waals surface area contributed by atoms with Crippen molar-refractivity contribution < 1.29 is 38.1 Å². The van der Waals surface area contributed by atoms with Gasteiger partial charge in [-0.3, -0.25) is 14.4 Å². The van der Waals surface area contributed by atoms with Crippen LogP contribution in [0.4, 0.5) is 0 Å². The number of hydrogen-bond acceptors (Lipinski definition) is 8. The number of hydrogen-bond donors (Lipinski definition) is 0. The minimum atomic E-state index is -2.08. The van der Waals surface area contributed by atoms with E-state index in [0.29, 0.717) is 12.8 Å². The monoisotopic (exact) mass is 386 g/mol. The molecule has 0 heterocycles. The molecule has 0 aromatic carbocycles. The second-order valence-electron chi connectivity index (χ2n) is 6.43. The molecule has 8 nitrogen and oxygen atoms in total. The van der Waals surface area contributed by atoms with E-state index in [1.165, 1.54) is 0 Å². The first kappa shape index (κ1) is 22.9. The molecule has 0 aromatic rings. The summed E-state index contributed by atoms with van der Waals surface area (Å²) in [5.41, 5.74) is -2.08. The molecule has 0 N–H and O–H groups in total. The molecule has 0 bridgehead atoms. The summed E-state index contributed by atoms with van der Waals surface area (Å²) in [5.74, 6) is -3.43. The standard InChI is InChI=1S/C19H30O8/c1-4-24-15(20)12-19(18(23)26-6-3,13-16(21)25-5-2)27-17(22)14-10-8-7-9-11-14/h14H,4-13H2,1-3H3. The van der Waals surface area contributed by atoms with Crippen molar-refractivity contribution in [2.24, 2.45) is 5.92 Å². The van der Waals surface area contributed by atoms with E-state index in [1.807, 2.05) is 0 Å². The third-order valence-corrected chi connectivity index (χ3v) is 4.35. The maximum absolute atomic E-state index is 12.7. The maximum Gasteiger partial charge on any atom is 0.351 e. The number of rotatable bonds is 10. The Morgan fingerprint density at radius 1 is 0.778 bits per heavy atom. The van der Waals surface area contributed by atoms with Gasteiger partial charge in [0.1, 0.15) is 0 Å². The summed E-state index contributed by atoms with van der Waals surface area (Å²) in [6, 6.07) is 0. The normalized spacial score (nSPS) is 14.9. The van der Waals surface area contributed by atoms with Crippen molar-refractivity contribution in [1.29, 1.82) is 0 Å². The molecule has 0 atom stereocenters. The Labute approximate surface area is 159 Å². The molecule has 1 aliphatic rings. The van der Waals surface area contributed by atoms with E-state index in [0.717, 1.165) is 19.3 Å². The first-order chi connectivity index (χ1) is 12.9. The van der Waals surface area contributed by atoms with Crippen LogP contribution in [-0.4, -0.2) is 49.3 Å². The minimum Gasteiger partial charge on any atom is -0.466 e. The van der Waals surface area contributed by atoms with E-state index < -0.39 is 42.3 Å². The van der Waals surface area contributed by atoms with Gasteiger partial charge in [0, 0.05) is 0 Å². The molecule has 154 valence electrons. The van der Waals surface area contributed by atoms with E-state index in [1.54, 1.807) is 20.8 Å². The van der Waals surface area contributed by atoms with Gasteiger partial charge in [-0.25, -0.2) is 4.79 Å². The van der Waals surface area contributed by atoms with Gasteiger partial charge >= 0.3 is 23.9 Å². The molecule has 0 aromatic heterocycles. The van der Waals surface area contributed by atoms with Gasteiger partial charge < -0.3 is 18.9 Å². The van der Waals surface area contributed by atoms with Crippen molar-refractivity contribution in [1.82, 2.24) is 0 Å². The Morgan fingerprint density at radius 3 is 1.70 bits per heavy atom. The van der Waals surface area contributed by atoms with Crippen molar-refractivity contribution in [3.05, 3.63) is 0 Å². The Morgan fingerprint density at radius 2 is 1.26 bits per heavy atom. The topological polar surface area (TPSA) is 105 Å². The van der Waals surface area contributed by atoms with Gasteiger partial charge in [0.15, 0.2) is 0 Å². The van der Waals surface area contributed by atoms with Crippen molar-refractivity contribution >= 4 is 23.9 Å². The summed E-state index contributed by atoms with van der Waals surface area (Å²) in [5, 5.41) is 0. The van der Waals surface area contributed by atoms with Crippen LogP contribution in [0.15, 0.2) is 0 Å². The Bertz CT molecular complexity index is 502. The Kier molecular flexibility index (Phi) is 9.82. The van der Waals surface area contributed by atoms with Crippen LogP contribution in [0.2, 0.25) is 0 Å². The highest BCUT2D eigenvalue weighted by Gasteiger charge is 2.49. The molecular weight excluding hydrogens is 356 g/mol. The second-order valence-corrected chi connectivity index (χ2v) is 6.43. The van der Waals surface area contributed by atoms with Crippen LogP contribution in [0.5, 0.6) is 0 Å². The average molecular weight is 386 g/mol. The molecule has 0 amide bonds. The summed E-state index contributed by atoms with van der Waals surface area (Å²) >= 11 is 0. The molecule has 1 fully saturated rings. The van der Waals surface area contributed by atoms with E-state index >= 15 is 0 Å². The molecular formula is C19H30O8. The summed E-state index contributed by atoms with van der Waals surface area (Å²) in [4.78, 5) is 49.5. The van der Waals surface area contributed by atoms with Crippen LogP contribution in [0.3, 0.4) is 0 Å². The molecule has 0 radical (unpaired) electrons. The van der Waals surface area contributed by atoms with Crippen LogP contribution >= 0.6 is 0 Å². The smallest absolute Gasteiger partial charge is 0.351 e. The summed E-state index contributed by atoms with van der Waals surface area (Å²) in [7, 11) is 0. The highest BCUT2D eigenvalue weighted by molar-refractivity contribution is 5.92. The fourth-order valence-corrected chi connectivity index (χ4v) is 3.09. The summed E-state index contributed by atoms with van der Waals surface area (Å²) < 4.78 is 20.3. The van der Waals surface area contributed by atoms with Crippen LogP contribution in [-0.2, 0) is 38.1 Å². The first-order valence-electron chi connectivity index (χ1n) is 9.59. The number of ether oxygens (including phenoxy) is 4. The summed E-state index contributed by atoms with van der Waals surface area (Å²) in [6.45, 7) is 5.00. The third-order valence-electron chi connectivity index (χ3n) is 4.35. The average Bonchev–Trinajstić information content (AvgIpc) is 2.62. The van der Waals surface area contributed by atoms with E-state index in [4.69, 9.17) is 18.9 Å². The van der Waals surface area contributed by atoms with Gasteiger partial charge in [-0.15, -0.1) is 0 Å². The van der Waals surface area contributed by atoms with E-state index in [-0.39, 0.29) is 25.7 Å². The number of esters is 4. The molecule has 0 unspecified atom stereocenters. The first-order valence-corrected chi connectivity index (χ1v) is 9.59. The van der Waals surface area contributed by atoms with Gasteiger partial charge in [-0.2, -0.15) is 0 Å². The van der Waals surface area contributed by atoms with Crippen LogP contribution in [0.25, 0.3) is 0 Å². The van der Waals surface area contributed by atoms with Gasteiger partial charge in [0.05, 0.1) is 38.6 Å². The lowest BCUT2D eigenvalue weighted by atomic mass is 9.88. The highest BCUT2D eigenvalue weighted by atomic mass is 16.6. The molecule has 1 rings (SSSR count). The minimum absolute atomic E-state index is 0.00716. The largest absolute Gasteiger partial charge is 0.466 e. The quantitative estimate of drug-likeness (QED) is 0.416. The predicted octanol–water partition coefficient (Wildman–Crippen LogP) is 2.32. The highest BCUT2D eigenvalue weighted by Crippen LogP contribution is 2.31. The zero-order chi connectivity index (χ0) is 20.3. The van der Waals surface area contributed by atoms with Crippen LogP contribution < -0.4 is 0 Å². The lowest BCUT2D eigenvalue weighted by Crippen LogP contribution is -2.49. The molecule has 0 aliphatic heterocycles. The second kappa shape index (κ2) is 11.6. The van der Waals surface area contributed by atoms with Gasteiger partial charge in [-0.05, 0) is 33.6 Å². The molecule has 8 heteroatoms. The van der Waals surface area contributed by atoms with Crippen LogP contribution in [0, 0.1) is 5.92 Å². The Balaban J connectivity index is 3.12. The van der Waals surface area contributed by atoms with Gasteiger partial charge in [-0.1, -0.05) is 19.3 Å². The fraction of sp³-hybridized carbons (Fsp3) is 0.789. The number of carbonyl (C=O) groups excluding carboxylic acids is 4. The SMILES string of the molecule is CCOC(=O)CC(CC(=O)OCC)(OC(=O)C1CCCCC1)C(=O)OCC. The molecule has 0 saturated heterocycles. The summed E-state index contributed by atoms with van der Waals surface area (Å²) in [6.07, 6.45) is 2.92. The van der Waals surface area contributed by atoms with Gasteiger partial charge in [0.2, 0.25) is 5.60 Å². The predicted molar refractivity (Wildman–Crippen MR) is 94.5 cm³/mol. The van der Waals surface area contributed by atoms with Crippen molar-refractivity contribution in [2.45, 2.75) is 71.3 Å². The van der Waals surface area contributed by atoms with E-state index in [2.05, 4.69) is 0 Å². The molecule has 27 heavy (non-hydrogen) atoms. The zero-order valence-electron chi connectivity index (χ0n) is 16.4. The third kappa shape index (κ3) is 7.19. The van der Waals surface area contributed by atoms with Crippen molar-refractivity contribution in [3.8, 4) is 0 Å². The van der Waals surface area contributed by atoms with E-state index in [9.17, 15) is 19.2 Å². The van der Waals surface area contributed by atoms with Gasteiger partial charge in [0.25, 0.3) is 0 Å². The lowest BCUT2D eigenvalue weighted by Gasteiger charge is -2.32. The molecule has 1 saturated carbocycles.